The molecule has 0 radical (unpaired) electrons. The zero-order chi connectivity index (χ0) is 19.2. The van der Waals surface area contributed by atoms with E-state index in [2.05, 4.69) is 5.32 Å². The van der Waals surface area contributed by atoms with Crippen LogP contribution in [0.4, 0.5) is 17.1 Å². The number of rotatable bonds is 3. The van der Waals surface area contributed by atoms with Crippen molar-refractivity contribution in [2.45, 2.75) is 6.92 Å². The van der Waals surface area contributed by atoms with Gasteiger partial charge in [-0.05, 0) is 6.07 Å². The largest absolute Gasteiger partial charge is 0.376 e. The summed E-state index contributed by atoms with van der Waals surface area (Å²) in [4.78, 5) is 41.8. The molecule has 0 unspecified atom stereocenters. The van der Waals surface area contributed by atoms with Crippen LogP contribution in [-0.2, 0) is 4.79 Å². The van der Waals surface area contributed by atoms with Crippen molar-refractivity contribution < 1.29 is 14.4 Å². The van der Waals surface area contributed by atoms with Crippen LogP contribution in [0, 0.1) is 0 Å². The lowest BCUT2D eigenvalue weighted by Crippen LogP contribution is -2.27. The third-order valence-electron chi connectivity index (χ3n) is 4.40. The van der Waals surface area contributed by atoms with Crippen molar-refractivity contribution in [3.63, 3.8) is 0 Å². The van der Waals surface area contributed by atoms with Crippen LogP contribution in [0.1, 0.15) is 38.8 Å². The van der Waals surface area contributed by atoms with Crippen LogP contribution >= 0.6 is 0 Å². The molecule has 0 aromatic heterocycles. The number of ketones is 2. The van der Waals surface area contributed by atoms with Crippen molar-refractivity contribution in [2.24, 2.45) is 0 Å². The van der Waals surface area contributed by atoms with Crippen molar-refractivity contribution in [1.29, 1.82) is 0 Å². The van der Waals surface area contributed by atoms with Crippen molar-refractivity contribution in [3.8, 4) is 0 Å². The van der Waals surface area contributed by atoms with Crippen LogP contribution in [0.25, 0.3) is 0 Å². The minimum Gasteiger partial charge on any atom is -0.376 e. The maximum atomic E-state index is 13.2. The van der Waals surface area contributed by atoms with E-state index in [0.717, 1.165) is 5.69 Å². The Morgan fingerprint density at radius 1 is 0.885 bits per heavy atom. The number of amides is 1. The first-order chi connectivity index (χ1) is 12.2. The lowest BCUT2D eigenvalue weighted by molar-refractivity contribution is -0.114. The molecule has 1 N–H and O–H groups in total. The predicted octanol–water partition coefficient (Wildman–Crippen LogP) is 2.55. The molecule has 26 heavy (non-hydrogen) atoms. The van der Waals surface area contributed by atoms with E-state index in [1.807, 2.05) is 38.0 Å². The summed E-state index contributed by atoms with van der Waals surface area (Å²) in [6, 6.07) is 8.50. The smallest absolute Gasteiger partial charge is 0.221 e. The Bertz CT molecular complexity index is 946. The molecule has 2 aromatic rings. The van der Waals surface area contributed by atoms with Crippen molar-refractivity contribution in [1.82, 2.24) is 0 Å². The van der Waals surface area contributed by atoms with Gasteiger partial charge in [0.1, 0.15) is 0 Å². The first kappa shape index (κ1) is 17.7. The van der Waals surface area contributed by atoms with Gasteiger partial charge in [0.15, 0.2) is 11.6 Å². The fourth-order valence-electron chi connectivity index (χ4n) is 3.32. The second kappa shape index (κ2) is 6.29. The van der Waals surface area contributed by atoms with E-state index in [0.29, 0.717) is 28.1 Å². The number of fused-ring (bicyclic) bond motifs is 2. The molecule has 6 heteroatoms. The lowest BCUT2D eigenvalue weighted by Gasteiger charge is -2.30. The highest BCUT2D eigenvalue weighted by Crippen LogP contribution is 2.43. The van der Waals surface area contributed by atoms with Gasteiger partial charge < -0.3 is 15.1 Å². The molecule has 0 atom stereocenters. The first-order valence-corrected chi connectivity index (χ1v) is 8.25. The number of nitrogens with zero attached hydrogens (tertiary/aromatic N) is 2. The molecule has 0 saturated carbocycles. The van der Waals surface area contributed by atoms with Gasteiger partial charge in [0.25, 0.3) is 0 Å². The van der Waals surface area contributed by atoms with Crippen molar-refractivity contribution in [3.05, 3.63) is 52.6 Å². The van der Waals surface area contributed by atoms with Gasteiger partial charge in [0.05, 0.1) is 22.6 Å². The van der Waals surface area contributed by atoms with Gasteiger partial charge in [-0.3, -0.25) is 14.4 Å². The number of anilines is 3. The Hall–Kier alpha value is -3.15. The van der Waals surface area contributed by atoms with Gasteiger partial charge >= 0.3 is 0 Å². The quantitative estimate of drug-likeness (QED) is 0.785. The van der Waals surface area contributed by atoms with E-state index >= 15 is 0 Å². The number of carbonyl (C=O) groups is 3. The average Bonchev–Trinajstić information content (AvgIpc) is 2.57. The van der Waals surface area contributed by atoms with Gasteiger partial charge in [-0.25, -0.2) is 0 Å². The van der Waals surface area contributed by atoms with Gasteiger partial charge in [0, 0.05) is 51.8 Å². The molecule has 6 nitrogen and oxygen atoms in total. The Morgan fingerprint density at radius 2 is 1.46 bits per heavy atom. The van der Waals surface area contributed by atoms with Gasteiger partial charge in [-0.2, -0.15) is 0 Å². The molecule has 1 amide bonds. The van der Waals surface area contributed by atoms with E-state index in [4.69, 9.17) is 0 Å². The number of carbonyl (C=O) groups excluding carboxylic acids is 3. The van der Waals surface area contributed by atoms with Crippen molar-refractivity contribution in [2.75, 3.05) is 43.3 Å². The third-order valence-corrected chi connectivity index (χ3v) is 4.40. The monoisotopic (exact) mass is 351 g/mol. The van der Waals surface area contributed by atoms with E-state index in [-0.39, 0.29) is 23.0 Å². The molecule has 0 aliphatic heterocycles. The molecule has 3 rings (SSSR count). The van der Waals surface area contributed by atoms with E-state index in [1.54, 1.807) is 30.3 Å². The van der Waals surface area contributed by atoms with Crippen LogP contribution in [-0.4, -0.2) is 45.7 Å². The zero-order valence-electron chi connectivity index (χ0n) is 15.5. The molecule has 1 aliphatic carbocycles. The number of benzene rings is 2. The topological polar surface area (TPSA) is 69.7 Å². The second-order valence-electron chi connectivity index (χ2n) is 6.72. The SMILES string of the molecule is CC(=O)Nc1c2c(cc(N(C)C)c1N(C)C)C(=O)c1ccccc1C2=O. The molecular formula is C20H21N3O3. The minimum absolute atomic E-state index is 0.213. The maximum Gasteiger partial charge on any atom is 0.221 e. The number of hydrogen-bond acceptors (Lipinski definition) is 5. The molecule has 1 aliphatic rings. The van der Waals surface area contributed by atoms with Crippen LogP contribution in [0.3, 0.4) is 0 Å². The lowest BCUT2D eigenvalue weighted by atomic mass is 9.82. The molecular weight excluding hydrogens is 330 g/mol. The highest BCUT2D eigenvalue weighted by Gasteiger charge is 2.35. The Kier molecular flexibility index (Phi) is 4.28. The fourth-order valence-corrected chi connectivity index (χ4v) is 3.32. The van der Waals surface area contributed by atoms with Crippen LogP contribution in [0.15, 0.2) is 30.3 Å². The fraction of sp³-hybridized carbons (Fsp3) is 0.250. The van der Waals surface area contributed by atoms with Gasteiger partial charge in [0.2, 0.25) is 5.91 Å². The van der Waals surface area contributed by atoms with Crippen LogP contribution in [0.2, 0.25) is 0 Å². The minimum atomic E-state index is -0.301. The normalized spacial score (nSPS) is 12.3. The zero-order valence-corrected chi connectivity index (χ0v) is 15.5. The Labute approximate surface area is 152 Å². The highest BCUT2D eigenvalue weighted by molar-refractivity contribution is 6.32. The summed E-state index contributed by atoms with van der Waals surface area (Å²) >= 11 is 0. The summed E-state index contributed by atoms with van der Waals surface area (Å²) in [7, 11) is 7.39. The molecule has 0 saturated heterocycles. The average molecular weight is 351 g/mol. The van der Waals surface area contributed by atoms with E-state index in [9.17, 15) is 14.4 Å². The summed E-state index contributed by atoms with van der Waals surface area (Å²) in [5.41, 5.74) is 3.11. The standard InChI is InChI=1S/C20H21N3O3/c1-11(24)21-17-16-14(10-15(22(2)3)18(17)23(4)5)19(25)12-8-6-7-9-13(12)20(16)26/h6-10H,1-5H3,(H,21,24). The molecule has 0 bridgehead atoms. The Morgan fingerprint density at radius 3 is 1.96 bits per heavy atom. The molecule has 0 spiro atoms. The first-order valence-electron chi connectivity index (χ1n) is 8.25. The molecule has 134 valence electrons. The summed E-state index contributed by atoms with van der Waals surface area (Å²) in [5, 5.41) is 2.78. The van der Waals surface area contributed by atoms with E-state index < -0.39 is 0 Å². The van der Waals surface area contributed by atoms with Crippen LogP contribution < -0.4 is 15.1 Å². The summed E-state index contributed by atoms with van der Waals surface area (Å²) in [5.74, 6) is -0.770. The maximum absolute atomic E-state index is 13.2. The summed E-state index contributed by atoms with van der Waals surface area (Å²) in [6.45, 7) is 1.39. The predicted molar refractivity (Wildman–Crippen MR) is 103 cm³/mol. The van der Waals surface area contributed by atoms with E-state index in [1.165, 1.54) is 6.92 Å². The Balaban J connectivity index is 2.42. The molecule has 0 fully saturated rings. The van der Waals surface area contributed by atoms with Gasteiger partial charge in [-0.1, -0.05) is 24.3 Å². The second-order valence-corrected chi connectivity index (χ2v) is 6.72. The van der Waals surface area contributed by atoms with Crippen molar-refractivity contribution >= 4 is 34.5 Å². The molecule has 2 aromatic carbocycles. The molecule has 0 heterocycles. The van der Waals surface area contributed by atoms with Crippen LogP contribution in [0.5, 0.6) is 0 Å². The summed E-state index contributed by atoms with van der Waals surface area (Å²) < 4.78 is 0. The summed E-state index contributed by atoms with van der Waals surface area (Å²) in [6.07, 6.45) is 0. The number of hydrogen-bond donors (Lipinski definition) is 1. The third kappa shape index (κ3) is 2.63. The van der Waals surface area contributed by atoms with Gasteiger partial charge in [-0.15, -0.1) is 0 Å². The number of nitrogens with one attached hydrogen (secondary N) is 1. The highest BCUT2D eigenvalue weighted by atomic mass is 16.2.